The number of fused-ring (bicyclic) bond motifs is 1. The molecule has 0 radical (unpaired) electrons. The number of carbonyl (C=O) groups excluding carboxylic acids is 1. The molecule has 1 fully saturated rings. The van der Waals surface area contributed by atoms with Gasteiger partial charge in [-0.05, 0) is 26.3 Å². The van der Waals surface area contributed by atoms with Crippen molar-refractivity contribution in [3.63, 3.8) is 0 Å². The molecule has 3 rings (SSSR count). The van der Waals surface area contributed by atoms with Crippen LogP contribution in [0.2, 0.25) is 0 Å². The van der Waals surface area contributed by atoms with E-state index in [0.29, 0.717) is 11.7 Å². The third-order valence-corrected chi connectivity index (χ3v) is 6.16. The molecule has 1 amide bonds. The maximum Gasteiger partial charge on any atom is 0.269 e. The standard InChI is InChI=1S/C14H22N4O2S/c1-10(2)17-6-11-5-12(13(15)19)16-18(11)8-14(7-17)3-4-21(20)9-14/h5,10H,3-4,6-9H2,1-2H3,(H2,15,19). The van der Waals surface area contributed by atoms with E-state index in [1.807, 2.05) is 4.68 Å². The number of hydrogen-bond acceptors (Lipinski definition) is 4. The van der Waals surface area contributed by atoms with Crippen LogP contribution >= 0.6 is 0 Å². The SMILES string of the molecule is CC(C)N1Cc2cc(C(N)=O)nn2CC2(CCS(=O)C2)C1. The summed E-state index contributed by atoms with van der Waals surface area (Å²) in [6, 6.07) is 2.19. The van der Waals surface area contributed by atoms with E-state index in [2.05, 4.69) is 23.8 Å². The molecular formula is C14H22N4O2S. The predicted octanol–water partition coefficient (Wildman–Crippen LogP) is 0.345. The molecule has 1 aromatic rings. The van der Waals surface area contributed by atoms with Gasteiger partial charge in [-0.15, -0.1) is 0 Å². The van der Waals surface area contributed by atoms with Crippen molar-refractivity contribution in [1.29, 1.82) is 0 Å². The average molecular weight is 310 g/mol. The molecule has 3 heterocycles. The summed E-state index contributed by atoms with van der Waals surface area (Å²) in [7, 11) is -0.734. The number of aromatic nitrogens is 2. The Kier molecular flexibility index (Phi) is 3.65. The quantitative estimate of drug-likeness (QED) is 0.854. The van der Waals surface area contributed by atoms with Crippen molar-refractivity contribution < 1.29 is 9.00 Å². The third kappa shape index (κ3) is 2.76. The zero-order chi connectivity index (χ0) is 15.2. The second-order valence-corrected chi connectivity index (χ2v) is 8.16. The highest BCUT2D eigenvalue weighted by atomic mass is 32.2. The lowest BCUT2D eigenvalue weighted by molar-refractivity contribution is 0.0992. The minimum atomic E-state index is -0.734. The Morgan fingerprint density at radius 1 is 1.48 bits per heavy atom. The van der Waals surface area contributed by atoms with Crippen LogP contribution in [0.1, 0.15) is 36.5 Å². The van der Waals surface area contributed by atoms with Gasteiger partial charge >= 0.3 is 0 Å². The Bertz CT molecular complexity index is 598. The zero-order valence-corrected chi connectivity index (χ0v) is 13.4. The molecule has 0 bridgehead atoms. The summed E-state index contributed by atoms with van der Waals surface area (Å²) in [6.07, 6.45) is 0.952. The van der Waals surface area contributed by atoms with Crippen LogP contribution in [0.15, 0.2) is 6.07 Å². The van der Waals surface area contributed by atoms with Gasteiger partial charge in [0.15, 0.2) is 0 Å². The van der Waals surface area contributed by atoms with Gasteiger partial charge in [0.25, 0.3) is 5.91 Å². The van der Waals surface area contributed by atoms with Crippen LogP contribution in [-0.2, 0) is 23.9 Å². The van der Waals surface area contributed by atoms with Gasteiger partial charge < -0.3 is 5.73 Å². The number of rotatable bonds is 2. The largest absolute Gasteiger partial charge is 0.364 e. The first-order valence-corrected chi connectivity index (χ1v) is 8.83. The van der Waals surface area contributed by atoms with Crippen LogP contribution in [0.3, 0.4) is 0 Å². The van der Waals surface area contributed by atoms with Crippen LogP contribution in [0.25, 0.3) is 0 Å². The number of primary amides is 1. The van der Waals surface area contributed by atoms with Crippen LogP contribution in [0.4, 0.5) is 0 Å². The Morgan fingerprint density at radius 3 is 2.81 bits per heavy atom. The average Bonchev–Trinajstić information content (AvgIpc) is 2.90. The van der Waals surface area contributed by atoms with Gasteiger partial charge in [-0.2, -0.15) is 5.10 Å². The molecule has 1 aromatic heterocycles. The van der Waals surface area contributed by atoms with E-state index in [4.69, 9.17) is 5.73 Å². The Labute approximate surface area is 127 Å². The second-order valence-electron chi connectivity index (χ2n) is 6.58. The summed E-state index contributed by atoms with van der Waals surface area (Å²) >= 11 is 0. The van der Waals surface area contributed by atoms with Crippen molar-refractivity contribution in [2.45, 2.75) is 39.4 Å². The van der Waals surface area contributed by atoms with Crippen molar-refractivity contribution in [1.82, 2.24) is 14.7 Å². The highest BCUT2D eigenvalue weighted by Gasteiger charge is 2.42. The third-order valence-electron chi connectivity index (χ3n) is 4.56. The fourth-order valence-electron chi connectivity index (χ4n) is 3.33. The Hall–Kier alpha value is -1.21. The van der Waals surface area contributed by atoms with Gasteiger partial charge in [-0.3, -0.25) is 18.6 Å². The van der Waals surface area contributed by atoms with Gasteiger partial charge in [0.05, 0.1) is 5.69 Å². The van der Waals surface area contributed by atoms with Crippen molar-refractivity contribution in [2.75, 3.05) is 18.1 Å². The van der Waals surface area contributed by atoms with Crippen LogP contribution in [-0.4, -0.2) is 48.9 Å². The van der Waals surface area contributed by atoms with Crippen molar-refractivity contribution in [3.8, 4) is 0 Å². The minimum absolute atomic E-state index is 0.00131. The van der Waals surface area contributed by atoms with E-state index >= 15 is 0 Å². The van der Waals surface area contributed by atoms with Crippen molar-refractivity contribution in [3.05, 3.63) is 17.5 Å². The molecule has 21 heavy (non-hydrogen) atoms. The van der Waals surface area contributed by atoms with E-state index < -0.39 is 16.7 Å². The van der Waals surface area contributed by atoms with Crippen LogP contribution < -0.4 is 5.73 Å². The Balaban J connectivity index is 1.99. The first-order chi connectivity index (χ1) is 9.88. The topological polar surface area (TPSA) is 81.2 Å². The van der Waals surface area contributed by atoms with E-state index in [0.717, 1.165) is 43.3 Å². The summed E-state index contributed by atoms with van der Waals surface area (Å²) in [6.45, 7) is 6.75. The lowest BCUT2D eigenvalue weighted by atomic mass is 9.87. The second kappa shape index (κ2) is 5.21. The van der Waals surface area contributed by atoms with Crippen molar-refractivity contribution in [2.24, 2.45) is 11.1 Å². The summed E-state index contributed by atoms with van der Waals surface area (Å²) in [5.41, 5.74) is 6.70. The molecule has 0 aliphatic carbocycles. The first-order valence-electron chi connectivity index (χ1n) is 7.34. The lowest BCUT2D eigenvalue weighted by Crippen LogP contribution is -2.41. The van der Waals surface area contributed by atoms with Gasteiger partial charge in [-0.1, -0.05) is 0 Å². The van der Waals surface area contributed by atoms with E-state index in [9.17, 15) is 9.00 Å². The molecule has 2 atom stereocenters. The monoisotopic (exact) mass is 310 g/mol. The summed E-state index contributed by atoms with van der Waals surface area (Å²) in [5, 5.41) is 4.36. The van der Waals surface area contributed by atoms with Gasteiger partial charge in [0.2, 0.25) is 0 Å². The minimum Gasteiger partial charge on any atom is -0.364 e. The maximum absolute atomic E-state index is 11.9. The van der Waals surface area contributed by atoms with Gasteiger partial charge in [-0.25, -0.2) is 0 Å². The normalized spacial score (nSPS) is 29.8. The number of nitrogens with zero attached hydrogens (tertiary/aromatic N) is 3. The van der Waals surface area contributed by atoms with Crippen LogP contribution in [0.5, 0.6) is 0 Å². The molecule has 1 saturated heterocycles. The highest BCUT2D eigenvalue weighted by molar-refractivity contribution is 7.85. The lowest BCUT2D eigenvalue weighted by Gasteiger charge is -2.33. The molecule has 2 aliphatic rings. The summed E-state index contributed by atoms with van der Waals surface area (Å²) in [4.78, 5) is 13.8. The molecular weight excluding hydrogens is 288 g/mol. The molecule has 2 aliphatic heterocycles. The predicted molar refractivity (Wildman–Crippen MR) is 81.2 cm³/mol. The Morgan fingerprint density at radius 2 is 2.24 bits per heavy atom. The molecule has 2 unspecified atom stereocenters. The molecule has 1 spiro atoms. The van der Waals surface area contributed by atoms with Gasteiger partial charge in [0, 0.05) is 53.4 Å². The number of carbonyl (C=O) groups is 1. The fraction of sp³-hybridized carbons (Fsp3) is 0.714. The first kappa shape index (κ1) is 14.7. The molecule has 0 saturated carbocycles. The molecule has 116 valence electrons. The van der Waals surface area contributed by atoms with Crippen LogP contribution in [0, 0.1) is 5.41 Å². The van der Waals surface area contributed by atoms with E-state index in [-0.39, 0.29) is 5.41 Å². The van der Waals surface area contributed by atoms with Gasteiger partial charge in [0.1, 0.15) is 5.69 Å². The number of hydrogen-bond donors (Lipinski definition) is 1. The summed E-state index contributed by atoms with van der Waals surface area (Å²) in [5.74, 6) is 1.00. The molecule has 2 N–H and O–H groups in total. The van der Waals surface area contributed by atoms with Crippen molar-refractivity contribution >= 4 is 16.7 Å². The summed E-state index contributed by atoms with van der Waals surface area (Å²) < 4.78 is 13.8. The van der Waals surface area contributed by atoms with E-state index in [1.54, 1.807) is 6.07 Å². The molecule has 0 aromatic carbocycles. The molecule has 7 heteroatoms. The smallest absolute Gasteiger partial charge is 0.269 e. The van der Waals surface area contributed by atoms with E-state index in [1.165, 1.54) is 0 Å². The highest BCUT2D eigenvalue weighted by Crippen LogP contribution is 2.36. The number of amides is 1. The fourth-order valence-corrected chi connectivity index (χ4v) is 5.15. The number of nitrogens with two attached hydrogens (primary N) is 1. The molecule has 6 nitrogen and oxygen atoms in total. The maximum atomic E-state index is 11.9. The zero-order valence-electron chi connectivity index (χ0n) is 12.5.